The molecular weight excluding hydrogens is 370 g/mol. The lowest BCUT2D eigenvalue weighted by Gasteiger charge is -2.64. The SMILES string of the molecule is Cc1ccccc1N1C(C)c2sc3ccccc3c2C12C1CC3CC(C1)CC2C3. The summed E-state index contributed by atoms with van der Waals surface area (Å²) in [6, 6.07) is 18.9. The third-order valence-corrected chi connectivity index (χ3v) is 10.3. The zero-order chi connectivity index (χ0) is 19.3. The summed E-state index contributed by atoms with van der Waals surface area (Å²) >= 11 is 2.08. The molecule has 2 aromatic carbocycles. The van der Waals surface area contributed by atoms with Crippen LogP contribution in [0.5, 0.6) is 0 Å². The van der Waals surface area contributed by atoms with E-state index in [1.54, 1.807) is 15.8 Å². The van der Waals surface area contributed by atoms with Gasteiger partial charge in [0.25, 0.3) is 0 Å². The lowest BCUT2D eigenvalue weighted by atomic mass is 9.47. The van der Waals surface area contributed by atoms with Gasteiger partial charge in [0.2, 0.25) is 0 Å². The maximum Gasteiger partial charge on any atom is 0.0734 e. The minimum Gasteiger partial charge on any atom is -0.353 e. The largest absolute Gasteiger partial charge is 0.353 e. The molecule has 5 aliphatic rings. The molecular formula is C27H29NS. The van der Waals surface area contributed by atoms with Crippen LogP contribution in [0.2, 0.25) is 0 Å². The Kier molecular flexibility index (Phi) is 3.31. The second kappa shape index (κ2) is 5.66. The van der Waals surface area contributed by atoms with E-state index in [2.05, 4.69) is 78.6 Å². The Morgan fingerprint density at radius 2 is 1.52 bits per heavy atom. The summed E-state index contributed by atoms with van der Waals surface area (Å²) in [5, 5.41) is 1.56. The van der Waals surface area contributed by atoms with Gasteiger partial charge in [0.05, 0.1) is 11.6 Å². The summed E-state index contributed by atoms with van der Waals surface area (Å²) in [4.78, 5) is 4.59. The fraction of sp³-hybridized carbons (Fsp3) is 0.481. The van der Waals surface area contributed by atoms with E-state index in [0.717, 1.165) is 23.7 Å². The van der Waals surface area contributed by atoms with Crippen LogP contribution < -0.4 is 4.90 Å². The normalized spacial score (nSPS) is 37.0. The molecule has 2 heteroatoms. The van der Waals surface area contributed by atoms with Crippen LogP contribution in [0.15, 0.2) is 48.5 Å². The first kappa shape index (κ1) is 16.9. The number of thiophene rings is 1. The first-order valence-corrected chi connectivity index (χ1v) is 12.4. The van der Waals surface area contributed by atoms with Gasteiger partial charge in [0, 0.05) is 20.8 Å². The monoisotopic (exact) mass is 399 g/mol. The van der Waals surface area contributed by atoms with Crippen LogP contribution in [0.25, 0.3) is 10.1 Å². The van der Waals surface area contributed by atoms with Gasteiger partial charge >= 0.3 is 0 Å². The third kappa shape index (κ3) is 1.97. The molecule has 4 saturated carbocycles. The Bertz CT molecular complexity index is 1100. The van der Waals surface area contributed by atoms with Gasteiger partial charge in [0.15, 0.2) is 0 Å². The van der Waals surface area contributed by atoms with Crippen molar-refractivity contribution in [3.05, 3.63) is 64.5 Å². The number of aryl methyl sites for hydroxylation is 1. The average Bonchev–Trinajstić information content (AvgIpc) is 3.21. The summed E-state index contributed by atoms with van der Waals surface area (Å²) in [5.74, 6) is 3.62. The van der Waals surface area contributed by atoms with Crippen LogP contribution in [0.3, 0.4) is 0 Å². The Balaban J connectivity index is 1.55. The van der Waals surface area contributed by atoms with Crippen molar-refractivity contribution in [3.63, 3.8) is 0 Å². The molecule has 0 amide bonds. The fourth-order valence-electron chi connectivity index (χ4n) is 8.28. The van der Waals surface area contributed by atoms with Gasteiger partial charge in [-0.25, -0.2) is 0 Å². The summed E-state index contributed by atoms with van der Waals surface area (Å²) in [6.07, 6.45) is 7.31. The van der Waals surface area contributed by atoms with E-state index in [1.807, 2.05) is 0 Å². The van der Waals surface area contributed by atoms with Crippen molar-refractivity contribution in [2.45, 2.75) is 57.5 Å². The van der Waals surface area contributed by atoms with E-state index >= 15 is 0 Å². The first-order chi connectivity index (χ1) is 14.2. The summed E-state index contributed by atoms with van der Waals surface area (Å²) in [5.41, 5.74) is 4.88. The van der Waals surface area contributed by atoms with E-state index in [1.165, 1.54) is 48.1 Å². The number of para-hydroxylation sites is 1. The minimum absolute atomic E-state index is 0.216. The maximum absolute atomic E-state index is 2.93. The number of fused-ring (bicyclic) bond motifs is 3. The van der Waals surface area contributed by atoms with Gasteiger partial charge in [-0.15, -0.1) is 11.3 Å². The minimum atomic E-state index is 0.216. The van der Waals surface area contributed by atoms with Gasteiger partial charge in [-0.05, 0) is 92.7 Å². The number of nitrogens with zero attached hydrogens (tertiary/aromatic N) is 1. The number of benzene rings is 2. The van der Waals surface area contributed by atoms with Crippen molar-refractivity contribution in [2.24, 2.45) is 23.7 Å². The van der Waals surface area contributed by atoms with Crippen molar-refractivity contribution >= 4 is 27.1 Å². The lowest BCUT2D eigenvalue weighted by molar-refractivity contribution is -0.0596. The van der Waals surface area contributed by atoms with Crippen LogP contribution >= 0.6 is 11.3 Å². The van der Waals surface area contributed by atoms with Gasteiger partial charge in [0.1, 0.15) is 0 Å². The molecule has 0 saturated heterocycles. The predicted octanol–water partition coefficient (Wildman–Crippen LogP) is 7.44. The zero-order valence-corrected chi connectivity index (χ0v) is 18.2. The highest BCUT2D eigenvalue weighted by Crippen LogP contribution is 2.70. The quantitative estimate of drug-likeness (QED) is 0.411. The first-order valence-electron chi connectivity index (χ1n) is 11.5. The number of anilines is 1. The number of hydrogen-bond acceptors (Lipinski definition) is 2. The third-order valence-electron chi connectivity index (χ3n) is 8.95. The molecule has 2 heterocycles. The van der Waals surface area contributed by atoms with Crippen molar-refractivity contribution in [3.8, 4) is 0 Å². The molecule has 8 rings (SSSR count). The van der Waals surface area contributed by atoms with E-state index < -0.39 is 0 Å². The number of rotatable bonds is 1. The van der Waals surface area contributed by atoms with Crippen molar-refractivity contribution in [1.29, 1.82) is 0 Å². The summed E-state index contributed by atoms with van der Waals surface area (Å²) in [6.45, 7) is 4.80. The summed E-state index contributed by atoms with van der Waals surface area (Å²) < 4.78 is 1.50. The topological polar surface area (TPSA) is 3.24 Å². The summed E-state index contributed by atoms with van der Waals surface area (Å²) in [7, 11) is 0. The molecule has 4 bridgehead atoms. The van der Waals surface area contributed by atoms with Crippen LogP contribution in [0, 0.1) is 30.6 Å². The van der Waals surface area contributed by atoms with E-state index in [9.17, 15) is 0 Å². The highest BCUT2D eigenvalue weighted by molar-refractivity contribution is 7.19. The molecule has 1 nitrogen and oxygen atoms in total. The fourth-order valence-corrected chi connectivity index (χ4v) is 9.59. The molecule has 148 valence electrons. The molecule has 4 fully saturated rings. The molecule has 0 N–H and O–H groups in total. The molecule has 1 atom stereocenters. The van der Waals surface area contributed by atoms with E-state index in [-0.39, 0.29) is 5.54 Å². The van der Waals surface area contributed by atoms with E-state index in [0.29, 0.717) is 6.04 Å². The highest BCUT2D eigenvalue weighted by Gasteiger charge is 2.65. The van der Waals surface area contributed by atoms with Gasteiger partial charge in [-0.1, -0.05) is 36.4 Å². The maximum atomic E-state index is 2.93. The highest BCUT2D eigenvalue weighted by atomic mass is 32.1. The molecule has 4 aliphatic carbocycles. The van der Waals surface area contributed by atoms with Crippen LogP contribution in [0.1, 0.15) is 61.1 Å². The molecule has 3 aromatic rings. The second-order valence-electron chi connectivity index (χ2n) is 10.3. The van der Waals surface area contributed by atoms with Crippen LogP contribution in [-0.4, -0.2) is 0 Å². The predicted molar refractivity (Wildman–Crippen MR) is 123 cm³/mol. The smallest absolute Gasteiger partial charge is 0.0734 e. The zero-order valence-electron chi connectivity index (χ0n) is 17.4. The average molecular weight is 400 g/mol. The number of hydrogen-bond donors (Lipinski definition) is 0. The van der Waals surface area contributed by atoms with Crippen LogP contribution in [-0.2, 0) is 5.54 Å². The molecule has 1 aromatic heterocycles. The van der Waals surface area contributed by atoms with Crippen molar-refractivity contribution < 1.29 is 0 Å². The van der Waals surface area contributed by atoms with Gasteiger partial charge < -0.3 is 4.90 Å². The molecule has 0 radical (unpaired) electrons. The van der Waals surface area contributed by atoms with Crippen molar-refractivity contribution in [1.82, 2.24) is 0 Å². The van der Waals surface area contributed by atoms with Gasteiger partial charge in [-0.3, -0.25) is 0 Å². The standard InChI is InChI=1S/C27H29NS/c1-16-7-3-5-9-23(16)28-17(2)26-25(22-8-4-6-10-24(22)29-26)27(28)20-12-18-11-19(14-20)15-21(27)13-18/h3-10,17-21H,11-15H2,1-2H3. The Labute approximate surface area is 177 Å². The second-order valence-corrected chi connectivity index (χ2v) is 11.4. The molecule has 1 spiro atoms. The molecule has 29 heavy (non-hydrogen) atoms. The van der Waals surface area contributed by atoms with Crippen LogP contribution in [0.4, 0.5) is 5.69 Å². The van der Waals surface area contributed by atoms with Crippen molar-refractivity contribution in [2.75, 3.05) is 4.90 Å². The molecule has 1 unspecified atom stereocenters. The molecule has 1 aliphatic heterocycles. The Hall–Kier alpha value is -1.80. The van der Waals surface area contributed by atoms with Gasteiger partial charge in [-0.2, -0.15) is 0 Å². The lowest BCUT2D eigenvalue weighted by Crippen LogP contribution is -2.62. The Morgan fingerprint density at radius 3 is 2.24 bits per heavy atom. The Morgan fingerprint density at radius 1 is 0.862 bits per heavy atom. The van der Waals surface area contributed by atoms with E-state index in [4.69, 9.17) is 0 Å².